The minimum absolute atomic E-state index is 0.204. The summed E-state index contributed by atoms with van der Waals surface area (Å²) >= 11 is 0. The van der Waals surface area contributed by atoms with Crippen LogP contribution in [0.2, 0.25) is 0 Å². The Morgan fingerprint density at radius 2 is 1.91 bits per heavy atom. The van der Waals surface area contributed by atoms with Gasteiger partial charge in [-0.15, -0.1) is 0 Å². The molecule has 3 heteroatoms. The Labute approximate surface area is 131 Å². The van der Waals surface area contributed by atoms with Gasteiger partial charge in [-0.2, -0.15) is 0 Å². The predicted molar refractivity (Wildman–Crippen MR) is 88.4 cm³/mol. The average Bonchev–Trinajstić information content (AvgIpc) is 2.54. The lowest BCUT2D eigenvalue weighted by Gasteiger charge is -2.08. The molecule has 0 spiro atoms. The van der Waals surface area contributed by atoms with E-state index in [4.69, 9.17) is 4.84 Å². The zero-order valence-electron chi connectivity index (χ0n) is 13.2. The molecule has 0 N–H and O–H groups in total. The predicted octanol–water partition coefficient (Wildman–Crippen LogP) is 5.25. The van der Waals surface area contributed by atoms with Gasteiger partial charge in [0.05, 0.1) is 5.71 Å². The van der Waals surface area contributed by atoms with Crippen LogP contribution >= 0.6 is 0 Å². The van der Waals surface area contributed by atoms with Crippen molar-refractivity contribution in [3.05, 3.63) is 71.0 Å². The molecule has 0 aliphatic heterocycles. The minimum atomic E-state index is -0.204. The first-order chi connectivity index (χ1) is 10.7. The van der Waals surface area contributed by atoms with E-state index in [2.05, 4.69) is 12.1 Å². The maximum absolute atomic E-state index is 13.8. The smallest absolute Gasteiger partial charge is 0.142 e. The summed E-state index contributed by atoms with van der Waals surface area (Å²) in [4.78, 5) is 5.47. The fourth-order valence-electron chi connectivity index (χ4n) is 2.12. The van der Waals surface area contributed by atoms with Gasteiger partial charge in [0.1, 0.15) is 12.4 Å². The third kappa shape index (κ3) is 4.69. The lowest BCUT2D eigenvalue weighted by atomic mass is 10.0. The molecule has 0 heterocycles. The Morgan fingerprint density at radius 3 is 2.59 bits per heavy atom. The van der Waals surface area contributed by atoms with Crippen LogP contribution in [-0.4, -0.2) is 5.71 Å². The van der Waals surface area contributed by atoms with Gasteiger partial charge in [-0.3, -0.25) is 0 Å². The van der Waals surface area contributed by atoms with Crippen molar-refractivity contribution in [2.75, 3.05) is 0 Å². The number of nitrogens with zero attached hydrogens (tertiary/aromatic N) is 1. The molecule has 0 radical (unpaired) electrons. The molecule has 2 aromatic rings. The van der Waals surface area contributed by atoms with Gasteiger partial charge in [-0.1, -0.05) is 61.0 Å². The summed E-state index contributed by atoms with van der Waals surface area (Å²) in [5.74, 6) is -0.204. The van der Waals surface area contributed by atoms with E-state index in [1.165, 1.54) is 6.07 Å². The second kappa shape index (κ2) is 8.32. The molecule has 0 unspecified atom stereocenters. The first-order valence-electron chi connectivity index (χ1n) is 7.70. The maximum atomic E-state index is 13.8. The normalized spacial score (nSPS) is 11.5. The van der Waals surface area contributed by atoms with Crippen LogP contribution in [-0.2, 0) is 11.4 Å². The number of oxime groups is 1. The Kier molecular flexibility index (Phi) is 6.13. The van der Waals surface area contributed by atoms with E-state index in [1.54, 1.807) is 13.0 Å². The van der Waals surface area contributed by atoms with Crippen molar-refractivity contribution in [1.82, 2.24) is 0 Å². The van der Waals surface area contributed by atoms with Gasteiger partial charge in [-0.25, -0.2) is 4.39 Å². The van der Waals surface area contributed by atoms with Crippen LogP contribution in [0.25, 0.3) is 0 Å². The number of hydrogen-bond donors (Lipinski definition) is 0. The molecule has 0 atom stereocenters. The largest absolute Gasteiger partial charge is 0.391 e. The van der Waals surface area contributed by atoms with E-state index in [0.717, 1.165) is 36.1 Å². The molecular weight excluding hydrogens is 277 g/mol. The Hall–Kier alpha value is -2.16. The first kappa shape index (κ1) is 16.2. The van der Waals surface area contributed by atoms with Crippen LogP contribution in [0.1, 0.15) is 42.9 Å². The number of halogens is 1. The van der Waals surface area contributed by atoms with Crippen LogP contribution in [0.15, 0.2) is 53.7 Å². The van der Waals surface area contributed by atoms with E-state index in [1.807, 2.05) is 36.4 Å². The molecule has 0 fully saturated rings. The average molecular weight is 299 g/mol. The molecule has 0 aliphatic carbocycles. The van der Waals surface area contributed by atoms with Crippen LogP contribution in [0.5, 0.6) is 0 Å². The Balaban J connectivity index is 2.10. The highest BCUT2D eigenvalue weighted by Crippen LogP contribution is 2.14. The van der Waals surface area contributed by atoms with E-state index in [0.29, 0.717) is 12.2 Å². The number of rotatable bonds is 7. The van der Waals surface area contributed by atoms with Crippen LogP contribution in [0.3, 0.4) is 0 Å². The summed E-state index contributed by atoms with van der Waals surface area (Å²) < 4.78 is 13.8. The standard InChI is InChI=1S/C19H22FNO/c1-3-4-10-19(17-12-11-15(2)18(20)13-17)21-22-14-16-8-6-5-7-9-16/h5-9,11-13H,3-4,10,14H2,1-2H3. The fraction of sp³-hybridized carbons (Fsp3) is 0.316. The lowest BCUT2D eigenvalue weighted by Crippen LogP contribution is -2.04. The Morgan fingerprint density at radius 1 is 1.14 bits per heavy atom. The van der Waals surface area contributed by atoms with E-state index in [9.17, 15) is 4.39 Å². The highest BCUT2D eigenvalue weighted by molar-refractivity contribution is 6.00. The van der Waals surface area contributed by atoms with Crippen molar-refractivity contribution in [2.24, 2.45) is 5.16 Å². The summed E-state index contributed by atoms with van der Waals surface area (Å²) in [6.07, 6.45) is 2.85. The monoisotopic (exact) mass is 299 g/mol. The molecular formula is C19H22FNO. The number of aryl methyl sites for hydroxylation is 1. The SMILES string of the molecule is CCCCC(=NOCc1ccccc1)c1ccc(C)c(F)c1. The molecule has 2 rings (SSSR count). The molecule has 0 aliphatic rings. The van der Waals surface area contributed by atoms with E-state index in [-0.39, 0.29) is 5.82 Å². The van der Waals surface area contributed by atoms with E-state index < -0.39 is 0 Å². The first-order valence-corrected chi connectivity index (χ1v) is 7.70. The molecule has 0 saturated carbocycles. The van der Waals surface area contributed by atoms with Gasteiger partial charge < -0.3 is 4.84 Å². The molecule has 2 aromatic carbocycles. The van der Waals surface area contributed by atoms with Gasteiger partial charge in [-0.05, 0) is 37.0 Å². The van der Waals surface area contributed by atoms with Crippen LogP contribution in [0, 0.1) is 12.7 Å². The van der Waals surface area contributed by atoms with Crippen molar-refractivity contribution in [3.8, 4) is 0 Å². The van der Waals surface area contributed by atoms with Gasteiger partial charge in [0.25, 0.3) is 0 Å². The van der Waals surface area contributed by atoms with Crippen molar-refractivity contribution in [1.29, 1.82) is 0 Å². The quantitative estimate of drug-likeness (QED) is 0.506. The topological polar surface area (TPSA) is 21.6 Å². The summed E-state index contributed by atoms with van der Waals surface area (Å²) in [6.45, 7) is 4.30. The summed E-state index contributed by atoms with van der Waals surface area (Å²) in [7, 11) is 0. The van der Waals surface area contributed by atoms with Gasteiger partial charge in [0.2, 0.25) is 0 Å². The summed E-state index contributed by atoms with van der Waals surface area (Å²) in [5, 5.41) is 4.25. The van der Waals surface area contributed by atoms with Crippen LogP contribution in [0.4, 0.5) is 4.39 Å². The summed E-state index contributed by atoms with van der Waals surface area (Å²) in [6, 6.07) is 15.1. The second-order valence-corrected chi connectivity index (χ2v) is 5.36. The summed E-state index contributed by atoms with van der Waals surface area (Å²) in [5.41, 5.74) is 3.31. The zero-order valence-corrected chi connectivity index (χ0v) is 13.2. The van der Waals surface area contributed by atoms with Crippen molar-refractivity contribution >= 4 is 5.71 Å². The maximum Gasteiger partial charge on any atom is 0.142 e. The Bertz CT molecular complexity index is 623. The third-order valence-electron chi connectivity index (χ3n) is 3.52. The van der Waals surface area contributed by atoms with Gasteiger partial charge in [0.15, 0.2) is 0 Å². The molecule has 2 nitrogen and oxygen atoms in total. The molecule has 116 valence electrons. The number of hydrogen-bond acceptors (Lipinski definition) is 2. The minimum Gasteiger partial charge on any atom is -0.391 e. The molecule has 0 bridgehead atoms. The second-order valence-electron chi connectivity index (χ2n) is 5.36. The van der Waals surface area contributed by atoms with E-state index >= 15 is 0 Å². The van der Waals surface area contributed by atoms with Crippen molar-refractivity contribution < 1.29 is 9.23 Å². The molecule has 0 amide bonds. The van der Waals surface area contributed by atoms with Crippen molar-refractivity contribution in [3.63, 3.8) is 0 Å². The molecule has 0 saturated heterocycles. The lowest BCUT2D eigenvalue weighted by molar-refractivity contribution is 0.130. The third-order valence-corrected chi connectivity index (χ3v) is 3.52. The number of benzene rings is 2. The highest BCUT2D eigenvalue weighted by atomic mass is 19.1. The molecule has 22 heavy (non-hydrogen) atoms. The van der Waals surface area contributed by atoms with Crippen LogP contribution < -0.4 is 0 Å². The highest BCUT2D eigenvalue weighted by Gasteiger charge is 2.07. The van der Waals surface area contributed by atoms with Gasteiger partial charge >= 0.3 is 0 Å². The van der Waals surface area contributed by atoms with Gasteiger partial charge in [0, 0.05) is 5.56 Å². The fourth-order valence-corrected chi connectivity index (χ4v) is 2.12. The number of unbranched alkanes of at least 4 members (excludes halogenated alkanes) is 1. The zero-order chi connectivity index (χ0) is 15.8. The van der Waals surface area contributed by atoms with Crippen molar-refractivity contribution in [2.45, 2.75) is 39.7 Å². The molecule has 0 aromatic heterocycles.